The highest BCUT2D eigenvalue weighted by Crippen LogP contribution is 2.22. The van der Waals surface area contributed by atoms with Gasteiger partial charge in [0.05, 0.1) is 33.5 Å². The van der Waals surface area contributed by atoms with Crippen LogP contribution in [0.5, 0.6) is 0 Å². The van der Waals surface area contributed by atoms with Crippen LogP contribution in [-0.4, -0.2) is 15.7 Å². The second-order valence-electron chi connectivity index (χ2n) is 5.32. The highest BCUT2D eigenvalue weighted by atomic mass is 79.9. The van der Waals surface area contributed by atoms with Gasteiger partial charge in [-0.1, -0.05) is 27.5 Å². The summed E-state index contributed by atoms with van der Waals surface area (Å²) in [4.78, 5) is 13.6. The number of thiophene rings is 1. The molecule has 3 rings (SSSR count). The molecule has 1 N–H and O–H groups in total. The standard InChI is InChI=1S/C17H15BrClN3OS/c1-10-16(17(23)20-9-14-7-8-15(19)24-14)11(2)22(21-10)13-5-3-12(18)4-6-13/h3-8H,9H2,1-2H3,(H,20,23). The van der Waals surface area contributed by atoms with Crippen molar-refractivity contribution in [2.24, 2.45) is 0 Å². The summed E-state index contributed by atoms with van der Waals surface area (Å²) < 4.78 is 3.51. The first-order valence-electron chi connectivity index (χ1n) is 7.30. The maximum absolute atomic E-state index is 12.6. The lowest BCUT2D eigenvalue weighted by Crippen LogP contribution is -2.23. The van der Waals surface area contributed by atoms with Crippen molar-refractivity contribution in [3.63, 3.8) is 0 Å². The number of carbonyl (C=O) groups excluding carboxylic acids is 1. The van der Waals surface area contributed by atoms with E-state index in [1.165, 1.54) is 11.3 Å². The SMILES string of the molecule is Cc1nn(-c2ccc(Br)cc2)c(C)c1C(=O)NCc1ccc(Cl)s1. The van der Waals surface area contributed by atoms with Crippen molar-refractivity contribution in [1.29, 1.82) is 0 Å². The molecule has 4 nitrogen and oxygen atoms in total. The monoisotopic (exact) mass is 423 g/mol. The Bertz CT molecular complexity index is 886. The van der Waals surface area contributed by atoms with Crippen molar-refractivity contribution in [1.82, 2.24) is 15.1 Å². The molecule has 1 aromatic carbocycles. The van der Waals surface area contributed by atoms with Crippen LogP contribution in [0.2, 0.25) is 4.34 Å². The summed E-state index contributed by atoms with van der Waals surface area (Å²) in [5, 5.41) is 7.45. The summed E-state index contributed by atoms with van der Waals surface area (Å²) in [6.07, 6.45) is 0. The Labute approximate surface area is 157 Å². The van der Waals surface area contributed by atoms with Crippen LogP contribution in [0.4, 0.5) is 0 Å². The van der Waals surface area contributed by atoms with Gasteiger partial charge in [-0.25, -0.2) is 4.68 Å². The molecule has 1 amide bonds. The van der Waals surface area contributed by atoms with Crippen LogP contribution in [0.25, 0.3) is 5.69 Å². The quantitative estimate of drug-likeness (QED) is 0.648. The van der Waals surface area contributed by atoms with Gasteiger partial charge < -0.3 is 5.32 Å². The molecule has 2 heterocycles. The second kappa shape index (κ2) is 7.09. The third-order valence-electron chi connectivity index (χ3n) is 3.64. The van der Waals surface area contributed by atoms with E-state index in [2.05, 4.69) is 26.3 Å². The first-order chi connectivity index (χ1) is 11.5. The maximum Gasteiger partial charge on any atom is 0.255 e. The van der Waals surface area contributed by atoms with Gasteiger partial charge in [-0.15, -0.1) is 11.3 Å². The van der Waals surface area contributed by atoms with Crippen LogP contribution in [0.15, 0.2) is 40.9 Å². The fourth-order valence-electron chi connectivity index (χ4n) is 2.51. The van der Waals surface area contributed by atoms with Crippen LogP contribution in [-0.2, 0) is 6.54 Å². The molecule has 0 radical (unpaired) electrons. The maximum atomic E-state index is 12.6. The number of nitrogens with one attached hydrogen (secondary N) is 1. The minimum atomic E-state index is -0.127. The lowest BCUT2D eigenvalue weighted by Gasteiger charge is -2.06. The fourth-order valence-corrected chi connectivity index (χ4v) is 3.80. The molecule has 0 aliphatic carbocycles. The molecule has 0 fully saturated rings. The van der Waals surface area contributed by atoms with Crippen molar-refractivity contribution in [2.75, 3.05) is 0 Å². The molecule has 3 aromatic rings. The third kappa shape index (κ3) is 3.55. The Hall–Kier alpha value is -1.63. The summed E-state index contributed by atoms with van der Waals surface area (Å²) in [5.41, 5.74) is 3.05. The van der Waals surface area contributed by atoms with Gasteiger partial charge in [-0.2, -0.15) is 5.10 Å². The fraction of sp³-hybridized carbons (Fsp3) is 0.176. The van der Waals surface area contributed by atoms with Crippen molar-refractivity contribution in [3.05, 3.63) is 67.0 Å². The van der Waals surface area contributed by atoms with Gasteiger partial charge in [-0.05, 0) is 50.2 Å². The van der Waals surface area contributed by atoms with E-state index in [0.717, 1.165) is 25.1 Å². The molecule has 7 heteroatoms. The van der Waals surface area contributed by atoms with Gasteiger partial charge >= 0.3 is 0 Å². The predicted octanol–water partition coefficient (Wildman–Crippen LogP) is 4.90. The average Bonchev–Trinajstić information content (AvgIpc) is 3.09. The van der Waals surface area contributed by atoms with Gasteiger partial charge in [-0.3, -0.25) is 4.79 Å². The third-order valence-corrected chi connectivity index (χ3v) is 5.40. The minimum Gasteiger partial charge on any atom is -0.347 e. The van der Waals surface area contributed by atoms with E-state index in [4.69, 9.17) is 11.6 Å². The lowest BCUT2D eigenvalue weighted by atomic mass is 10.2. The summed E-state index contributed by atoms with van der Waals surface area (Å²) in [5.74, 6) is -0.127. The molecule has 0 bridgehead atoms. The minimum absolute atomic E-state index is 0.127. The van der Waals surface area contributed by atoms with E-state index >= 15 is 0 Å². The number of nitrogens with zero attached hydrogens (tertiary/aromatic N) is 2. The second-order valence-corrected chi connectivity index (χ2v) is 8.04. The number of aryl methyl sites for hydroxylation is 1. The van der Waals surface area contributed by atoms with Crippen LogP contribution in [0, 0.1) is 13.8 Å². The molecule has 124 valence electrons. The van der Waals surface area contributed by atoms with Crippen LogP contribution in [0.3, 0.4) is 0 Å². The molecule has 0 saturated carbocycles. The molecule has 0 aliphatic rings. The highest BCUT2D eigenvalue weighted by Gasteiger charge is 2.19. The normalized spacial score (nSPS) is 10.8. The Balaban J connectivity index is 1.83. The van der Waals surface area contributed by atoms with E-state index in [-0.39, 0.29) is 5.91 Å². The number of benzene rings is 1. The number of rotatable bonds is 4. The van der Waals surface area contributed by atoms with Gasteiger partial charge in [0.1, 0.15) is 0 Å². The molecule has 0 atom stereocenters. The van der Waals surface area contributed by atoms with E-state index in [1.54, 1.807) is 4.68 Å². The Morgan fingerprint density at radius 1 is 1.25 bits per heavy atom. The topological polar surface area (TPSA) is 46.9 Å². The molecular formula is C17H15BrClN3OS. The number of halogens is 2. The molecular weight excluding hydrogens is 410 g/mol. The van der Waals surface area contributed by atoms with Crippen molar-refractivity contribution in [2.45, 2.75) is 20.4 Å². The van der Waals surface area contributed by atoms with Crippen molar-refractivity contribution in [3.8, 4) is 5.69 Å². The van der Waals surface area contributed by atoms with Gasteiger partial charge in [0, 0.05) is 9.35 Å². The van der Waals surface area contributed by atoms with Crippen LogP contribution < -0.4 is 5.32 Å². The predicted molar refractivity (Wildman–Crippen MR) is 101 cm³/mol. The zero-order valence-corrected chi connectivity index (χ0v) is 16.3. The van der Waals surface area contributed by atoms with Crippen molar-refractivity contribution < 1.29 is 4.79 Å². The zero-order valence-electron chi connectivity index (χ0n) is 13.1. The van der Waals surface area contributed by atoms with Gasteiger partial charge in [0.15, 0.2) is 0 Å². The Morgan fingerprint density at radius 3 is 2.58 bits per heavy atom. The Morgan fingerprint density at radius 2 is 1.96 bits per heavy atom. The lowest BCUT2D eigenvalue weighted by molar-refractivity contribution is 0.0950. The van der Waals surface area contributed by atoms with Gasteiger partial charge in [0.2, 0.25) is 0 Å². The van der Waals surface area contributed by atoms with Crippen molar-refractivity contribution >= 4 is 44.8 Å². The number of hydrogen-bond acceptors (Lipinski definition) is 3. The van der Waals surface area contributed by atoms with E-state index in [1.807, 2.05) is 50.2 Å². The smallest absolute Gasteiger partial charge is 0.255 e. The summed E-state index contributed by atoms with van der Waals surface area (Å²) >= 11 is 10.8. The van der Waals surface area contributed by atoms with Gasteiger partial charge in [0.25, 0.3) is 5.91 Å². The van der Waals surface area contributed by atoms with E-state index < -0.39 is 0 Å². The highest BCUT2D eigenvalue weighted by molar-refractivity contribution is 9.10. The van der Waals surface area contributed by atoms with Crippen LogP contribution >= 0.6 is 38.9 Å². The number of amides is 1. The summed E-state index contributed by atoms with van der Waals surface area (Å²) in [6.45, 7) is 4.21. The average molecular weight is 425 g/mol. The first kappa shape index (κ1) is 17.2. The van der Waals surface area contributed by atoms with E-state index in [0.29, 0.717) is 17.8 Å². The molecule has 24 heavy (non-hydrogen) atoms. The Kier molecular flexibility index (Phi) is 5.08. The molecule has 2 aromatic heterocycles. The molecule has 0 aliphatic heterocycles. The summed E-state index contributed by atoms with van der Waals surface area (Å²) in [6, 6.07) is 11.6. The molecule has 0 saturated heterocycles. The number of hydrogen-bond donors (Lipinski definition) is 1. The van der Waals surface area contributed by atoms with E-state index in [9.17, 15) is 4.79 Å². The number of aromatic nitrogens is 2. The van der Waals surface area contributed by atoms with Crippen LogP contribution in [0.1, 0.15) is 26.6 Å². The summed E-state index contributed by atoms with van der Waals surface area (Å²) in [7, 11) is 0. The molecule has 0 spiro atoms. The molecule has 0 unspecified atom stereocenters. The number of carbonyl (C=O) groups is 1. The zero-order chi connectivity index (χ0) is 17.3. The first-order valence-corrected chi connectivity index (χ1v) is 9.29. The largest absolute Gasteiger partial charge is 0.347 e.